The highest BCUT2D eigenvalue weighted by atomic mass is 19.2. The van der Waals surface area contributed by atoms with Crippen molar-refractivity contribution in [2.45, 2.75) is 0 Å². The number of aromatic nitrogens is 3. The van der Waals surface area contributed by atoms with Gasteiger partial charge in [0.1, 0.15) is 0 Å². The van der Waals surface area contributed by atoms with Crippen LogP contribution in [0.25, 0.3) is 0 Å². The van der Waals surface area contributed by atoms with Crippen molar-refractivity contribution in [2.75, 3.05) is 67.8 Å². The smallest absolute Gasteiger partial charge is 0.250 e. The lowest BCUT2D eigenvalue weighted by Crippen LogP contribution is -2.40. The fourth-order valence-corrected chi connectivity index (χ4v) is 3.10. The molecule has 2 aliphatic heterocycles. The number of ether oxygens (including phenoxy) is 2. The number of hydrogen-bond donors (Lipinski definition) is 1. The molecule has 2 aliphatic rings. The van der Waals surface area contributed by atoms with Crippen molar-refractivity contribution < 1.29 is 31.4 Å². The highest BCUT2D eigenvalue weighted by molar-refractivity contribution is 5.81. The first-order chi connectivity index (χ1) is 15.5. The molecule has 0 radical (unpaired) electrons. The summed E-state index contributed by atoms with van der Waals surface area (Å²) in [4.78, 5) is 16.7. The summed E-state index contributed by atoms with van der Waals surface area (Å²) in [6, 6.07) is 0. The first kappa shape index (κ1) is 22.1. The molecule has 172 valence electrons. The topological polar surface area (TPSA) is 88.0 Å². The van der Waals surface area contributed by atoms with Gasteiger partial charge in [-0.2, -0.15) is 20.1 Å². The van der Waals surface area contributed by atoms with Crippen LogP contribution in [0, 0.1) is 29.1 Å². The van der Waals surface area contributed by atoms with E-state index in [2.05, 4.69) is 25.5 Å². The molecule has 9 nitrogen and oxygen atoms in total. The summed E-state index contributed by atoms with van der Waals surface area (Å²) in [6.45, 7) is 4.11. The molecule has 0 aliphatic carbocycles. The number of benzene rings is 1. The van der Waals surface area contributed by atoms with Crippen LogP contribution in [0.1, 0.15) is 5.56 Å². The maximum absolute atomic E-state index is 13.8. The zero-order chi connectivity index (χ0) is 22.7. The fraction of sp³-hybridized carbons (Fsp3) is 0.444. The third-order valence-corrected chi connectivity index (χ3v) is 4.80. The Kier molecular flexibility index (Phi) is 6.60. The predicted octanol–water partition coefficient (Wildman–Crippen LogP) is 1.69. The van der Waals surface area contributed by atoms with Crippen molar-refractivity contribution in [1.29, 1.82) is 0 Å². The van der Waals surface area contributed by atoms with Gasteiger partial charge in [-0.15, -0.1) is 0 Å². The number of nitrogens with one attached hydrogen (secondary N) is 1. The molecule has 0 unspecified atom stereocenters. The summed E-state index contributed by atoms with van der Waals surface area (Å²) in [5, 5.41) is 3.57. The Bertz CT molecular complexity index is 948. The zero-order valence-corrected chi connectivity index (χ0v) is 16.6. The summed E-state index contributed by atoms with van der Waals surface area (Å²) in [5.41, 5.74) is 1.19. The van der Waals surface area contributed by atoms with E-state index in [9.17, 15) is 22.0 Å². The number of hydrogen-bond acceptors (Lipinski definition) is 9. The lowest BCUT2D eigenvalue weighted by atomic mass is 10.2. The van der Waals surface area contributed by atoms with E-state index in [1.54, 1.807) is 0 Å². The van der Waals surface area contributed by atoms with Crippen molar-refractivity contribution >= 4 is 24.1 Å². The molecule has 0 spiro atoms. The van der Waals surface area contributed by atoms with Crippen LogP contribution in [-0.2, 0) is 9.47 Å². The Labute approximate surface area is 178 Å². The largest absolute Gasteiger partial charge is 0.378 e. The molecule has 14 heteroatoms. The number of morpholine rings is 2. The van der Waals surface area contributed by atoms with E-state index in [4.69, 9.17) is 9.47 Å². The third kappa shape index (κ3) is 4.55. The van der Waals surface area contributed by atoms with Gasteiger partial charge in [0.2, 0.25) is 23.7 Å². The number of hydrazone groups is 1. The van der Waals surface area contributed by atoms with Crippen LogP contribution in [0.3, 0.4) is 0 Å². The molecule has 0 amide bonds. The van der Waals surface area contributed by atoms with Crippen LogP contribution in [0.5, 0.6) is 0 Å². The first-order valence-corrected chi connectivity index (χ1v) is 9.67. The molecule has 0 bridgehead atoms. The average molecular weight is 459 g/mol. The van der Waals surface area contributed by atoms with Gasteiger partial charge in [-0.05, 0) is 0 Å². The van der Waals surface area contributed by atoms with Crippen LogP contribution in [0.2, 0.25) is 0 Å². The van der Waals surface area contributed by atoms with Crippen LogP contribution >= 0.6 is 0 Å². The highest BCUT2D eigenvalue weighted by Crippen LogP contribution is 2.22. The fourth-order valence-electron chi connectivity index (χ4n) is 3.10. The van der Waals surface area contributed by atoms with Crippen molar-refractivity contribution in [3.05, 3.63) is 34.6 Å². The Morgan fingerprint density at radius 1 is 0.688 bits per heavy atom. The van der Waals surface area contributed by atoms with Gasteiger partial charge >= 0.3 is 0 Å². The van der Waals surface area contributed by atoms with Crippen LogP contribution in [-0.4, -0.2) is 73.8 Å². The molecule has 0 saturated carbocycles. The summed E-state index contributed by atoms with van der Waals surface area (Å²) < 4.78 is 78.2. The first-order valence-electron chi connectivity index (χ1n) is 9.67. The number of anilines is 3. The second kappa shape index (κ2) is 9.56. The van der Waals surface area contributed by atoms with Gasteiger partial charge in [-0.25, -0.2) is 27.4 Å². The van der Waals surface area contributed by atoms with Gasteiger partial charge in [-0.1, -0.05) is 0 Å². The Morgan fingerprint density at radius 2 is 1.12 bits per heavy atom. The van der Waals surface area contributed by atoms with E-state index in [0.717, 1.165) is 0 Å². The normalized spacial score (nSPS) is 17.3. The molecule has 1 N–H and O–H groups in total. The molecule has 32 heavy (non-hydrogen) atoms. The van der Waals surface area contributed by atoms with Crippen LogP contribution in [0.15, 0.2) is 5.10 Å². The SMILES string of the molecule is Fc1c(F)c(F)c(C=NNc2nc(N3CCOCC3)nc(N3CCOCC3)n2)c(F)c1F. The monoisotopic (exact) mass is 459 g/mol. The van der Waals surface area contributed by atoms with Gasteiger partial charge in [0, 0.05) is 26.2 Å². The molecule has 3 heterocycles. The summed E-state index contributed by atoms with van der Waals surface area (Å²) in [7, 11) is 0. The second-order valence-corrected chi connectivity index (χ2v) is 6.81. The van der Waals surface area contributed by atoms with E-state index >= 15 is 0 Å². The molecular formula is C18H18F5N7O2. The zero-order valence-electron chi connectivity index (χ0n) is 16.6. The maximum atomic E-state index is 13.8. The third-order valence-electron chi connectivity index (χ3n) is 4.80. The molecule has 2 fully saturated rings. The molecule has 1 aromatic heterocycles. The summed E-state index contributed by atoms with van der Waals surface area (Å²) in [5.74, 6) is -9.76. The number of halogens is 5. The second-order valence-electron chi connectivity index (χ2n) is 6.81. The summed E-state index contributed by atoms with van der Waals surface area (Å²) >= 11 is 0. The van der Waals surface area contributed by atoms with Crippen LogP contribution in [0.4, 0.5) is 39.8 Å². The van der Waals surface area contributed by atoms with Gasteiger partial charge in [-0.3, -0.25) is 0 Å². The number of nitrogens with zero attached hydrogens (tertiary/aromatic N) is 6. The van der Waals surface area contributed by atoms with Gasteiger partial charge in [0.05, 0.1) is 38.2 Å². The Balaban J connectivity index is 1.61. The quantitative estimate of drug-likeness (QED) is 0.238. The van der Waals surface area contributed by atoms with Gasteiger partial charge in [0.25, 0.3) is 0 Å². The van der Waals surface area contributed by atoms with Crippen LogP contribution < -0.4 is 15.2 Å². The molecule has 2 aromatic rings. The van der Waals surface area contributed by atoms with Gasteiger partial charge < -0.3 is 19.3 Å². The maximum Gasteiger partial charge on any atom is 0.250 e. The highest BCUT2D eigenvalue weighted by Gasteiger charge is 2.25. The Hall–Kier alpha value is -3.13. The van der Waals surface area contributed by atoms with E-state index < -0.39 is 34.6 Å². The van der Waals surface area contributed by atoms with Crippen molar-refractivity contribution in [1.82, 2.24) is 15.0 Å². The lowest BCUT2D eigenvalue weighted by molar-refractivity contribution is 0.121. The lowest BCUT2D eigenvalue weighted by Gasteiger charge is -2.30. The van der Waals surface area contributed by atoms with E-state index in [0.29, 0.717) is 70.7 Å². The molecule has 1 aromatic carbocycles. The average Bonchev–Trinajstić information content (AvgIpc) is 2.84. The molecular weight excluding hydrogens is 441 g/mol. The van der Waals surface area contributed by atoms with E-state index in [-0.39, 0.29) is 5.95 Å². The van der Waals surface area contributed by atoms with Crippen molar-refractivity contribution in [3.8, 4) is 0 Å². The van der Waals surface area contributed by atoms with E-state index in [1.807, 2.05) is 9.80 Å². The minimum absolute atomic E-state index is 0.0666. The molecule has 2 saturated heterocycles. The Morgan fingerprint density at radius 3 is 1.59 bits per heavy atom. The molecule has 4 rings (SSSR count). The number of rotatable bonds is 5. The summed E-state index contributed by atoms with van der Waals surface area (Å²) in [6.07, 6.45) is 0.475. The predicted molar refractivity (Wildman–Crippen MR) is 103 cm³/mol. The van der Waals surface area contributed by atoms with Crippen molar-refractivity contribution in [2.24, 2.45) is 5.10 Å². The molecule has 0 atom stereocenters. The van der Waals surface area contributed by atoms with Crippen molar-refractivity contribution in [3.63, 3.8) is 0 Å². The minimum Gasteiger partial charge on any atom is -0.378 e. The minimum atomic E-state index is -2.24. The van der Waals surface area contributed by atoms with E-state index in [1.165, 1.54) is 0 Å². The standard InChI is InChI=1S/C18H18F5N7O2/c19-11-10(12(20)14(22)15(23)13(11)21)9-24-28-16-25-17(29-1-5-31-6-2-29)27-18(26-16)30-3-7-32-8-4-30/h9H,1-8H2,(H,25,26,27,28). The van der Waals surface area contributed by atoms with Gasteiger partial charge in [0.15, 0.2) is 23.3 Å².